The number of thioether (sulfide) groups is 1. The minimum atomic E-state index is -0.620. The van der Waals surface area contributed by atoms with Crippen LogP contribution in [0, 0.1) is 11.2 Å². The van der Waals surface area contributed by atoms with E-state index in [1.165, 1.54) is 17.7 Å². The lowest BCUT2D eigenvalue weighted by Crippen LogP contribution is -2.28. The number of halogens is 1. The smallest absolute Gasteiger partial charge is 0.240 e. The summed E-state index contributed by atoms with van der Waals surface area (Å²) in [5, 5.41) is 13.3. The lowest BCUT2D eigenvalue weighted by Gasteiger charge is -2.28. The molecule has 6 nitrogen and oxygen atoms in total. The largest absolute Gasteiger partial charge is 0.324 e. The Morgan fingerprint density at radius 2 is 2.07 bits per heavy atom. The second-order valence-electron chi connectivity index (χ2n) is 7.83. The van der Waals surface area contributed by atoms with Crippen LogP contribution in [0.1, 0.15) is 40.0 Å². The average molecular weight is 402 g/mol. The molecule has 28 heavy (non-hydrogen) atoms. The molecule has 1 aromatic carbocycles. The first-order chi connectivity index (χ1) is 13.2. The highest BCUT2D eigenvalue weighted by atomic mass is 32.2. The zero-order valence-corrected chi connectivity index (χ0v) is 16.9. The molecule has 0 bridgehead atoms. The molecule has 1 heterocycles. The van der Waals surface area contributed by atoms with Gasteiger partial charge in [0.15, 0.2) is 5.17 Å². The van der Waals surface area contributed by atoms with E-state index in [9.17, 15) is 14.0 Å². The number of amides is 2. The molecule has 1 saturated heterocycles. The van der Waals surface area contributed by atoms with E-state index in [0.29, 0.717) is 5.17 Å². The van der Waals surface area contributed by atoms with Crippen LogP contribution >= 0.6 is 11.8 Å². The minimum absolute atomic E-state index is 0.0769. The first-order valence-corrected chi connectivity index (χ1v) is 9.93. The zero-order chi connectivity index (χ0) is 20.3. The Labute approximate surface area is 167 Å². The Kier molecular flexibility index (Phi) is 5.98. The summed E-state index contributed by atoms with van der Waals surface area (Å²) in [6.45, 7) is 6.44. The molecule has 1 atom stereocenters. The second kappa shape index (κ2) is 8.26. The van der Waals surface area contributed by atoms with E-state index in [0.717, 1.165) is 30.3 Å². The molecule has 1 aliphatic carbocycles. The molecule has 1 unspecified atom stereocenters. The van der Waals surface area contributed by atoms with Gasteiger partial charge in [0.1, 0.15) is 11.1 Å². The van der Waals surface area contributed by atoms with Crippen LogP contribution in [0.3, 0.4) is 0 Å². The van der Waals surface area contributed by atoms with Gasteiger partial charge in [0.25, 0.3) is 0 Å². The first-order valence-electron chi connectivity index (χ1n) is 9.05. The van der Waals surface area contributed by atoms with Crippen LogP contribution in [0.25, 0.3) is 0 Å². The van der Waals surface area contributed by atoms with Gasteiger partial charge in [-0.25, -0.2) is 4.39 Å². The fourth-order valence-corrected chi connectivity index (χ4v) is 4.30. The first kappa shape index (κ1) is 20.3. The van der Waals surface area contributed by atoms with Gasteiger partial charge in [-0.05, 0) is 43.4 Å². The predicted molar refractivity (Wildman–Crippen MR) is 111 cm³/mol. The third kappa shape index (κ3) is 5.28. The van der Waals surface area contributed by atoms with Gasteiger partial charge >= 0.3 is 0 Å². The van der Waals surface area contributed by atoms with E-state index >= 15 is 0 Å². The molecule has 2 aliphatic rings. The summed E-state index contributed by atoms with van der Waals surface area (Å²) in [6.07, 6.45) is 3.78. The molecule has 0 radical (unpaired) electrons. The van der Waals surface area contributed by atoms with E-state index in [4.69, 9.17) is 0 Å². The molecule has 0 saturated carbocycles. The number of rotatable bonds is 4. The van der Waals surface area contributed by atoms with E-state index in [1.807, 2.05) is 6.08 Å². The molecule has 0 aromatic heterocycles. The Balaban J connectivity index is 1.61. The van der Waals surface area contributed by atoms with E-state index in [-0.39, 0.29) is 23.4 Å². The fourth-order valence-electron chi connectivity index (χ4n) is 3.39. The van der Waals surface area contributed by atoms with Crippen molar-refractivity contribution in [2.75, 3.05) is 5.32 Å². The highest BCUT2D eigenvalue weighted by Crippen LogP contribution is 2.34. The van der Waals surface area contributed by atoms with Crippen molar-refractivity contribution < 1.29 is 14.0 Å². The van der Waals surface area contributed by atoms with Gasteiger partial charge in [-0.2, -0.15) is 5.10 Å². The minimum Gasteiger partial charge on any atom is -0.324 e. The molecular formula is C20H23FN4O2S. The van der Waals surface area contributed by atoms with E-state index in [1.54, 1.807) is 12.1 Å². The van der Waals surface area contributed by atoms with Crippen molar-refractivity contribution >= 4 is 40.1 Å². The van der Waals surface area contributed by atoms with Crippen LogP contribution in [0.15, 0.2) is 46.1 Å². The highest BCUT2D eigenvalue weighted by Gasteiger charge is 2.32. The van der Waals surface area contributed by atoms with Crippen LogP contribution in [0.2, 0.25) is 0 Å². The van der Waals surface area contributed by atoms with E-state index in [2.05, 4.69) is 41.6 Å². The molecule has 148 valence electrons. The molecule has 3 rings (SSSR count). The molecule has 2 N–H and O–H groups in total. The third-order valence-electron chi connectivity index (χ3n) is 4.39. The van der Waals surface area contributed by atoms with Crippen LogP contribution in [0.4, 0.5) is 10.1 Å². The molecular weight excluding hydrogens is 379 g/mol. The van der Waals surface area contributed by atoms with Crippen LogP contribution in [-0.4, -0.2) is 27.9 Å². The van der Waals surface area contributed by atoms with E-state index < -0.39 is 17.0 Å². The predicted octanol–water partition coefficient (Wildman–Crippen LogP) is 3.86. The van der Waals surface area contributed by atoms with Gasteiger partial charge in [0, 0.05) is 6.42 Å². The number of allylic oxidation sites excluding steroid dienone is 2. The van der Waals surface area contributed by atoms with Gasteiger partial charge in [-0.3, -0.25) is 9.59 Å². The zero-order valence-electron chi connectivity index (χ0n) is 16.1. The summed E-state index contributed by atoms with van der Waals surface area (Å²) in [4.78, 5) is 24.3. The van der Waals surface area contributed by atoms with Crippen LogP contribution in [0.5, 0.6) is 0 Å². The van der Waals surface area contributed by atoms with Crippen LogP contribution in [-0.2, 0) is 9.59 Å². The summed E-state index contributed by atoms with van der Waals surface area (Å²) in [6, 6.07) is 5.90. The SMILES string of the molecule is CC1=C/C(=N/N=C2\NC(=O)C(CC(=O)Nc3ccccc3F)S2)CC(C)(C)C1. The van der Waals surface area contributed by atoms with Crippen molar-refractivity contribution in [1.29, 1.82) is 0 Å². The average Bonchev–Trinajstić information content (AvgIpc) is 2.93. The monoisotopic (exact) mass is 402 g/mol. The summed E-state index contributed by atoms with van der Waals surface area (Å²) >= 11 is 1.16. The van der Waals surface area contributed by atoms with Crippen LogP contribution < -0.4 is 10.6 Å². The number of carbonyl (C=O) groups is 2. The number of nitrogens with zero attached hydrogens (tertiary/aromatic N) is 2. The number of hydrogen-bond donors (Lipinski definition) is 2. The highest BCUT2D eigenvalue weighted by molar-refractivity contribution is 8.15. The Bertz CT molecular complexity index is 892. The van der Waals surface area contributed by atoms with Gasteiger partial charge in [0.2, 0.25) is 11.8 Å². The van der Waals surface area contributed by atoms with Crippen molar-refractivity contribution in [2.24, 2.45) is 15.6 Å². The third-order valence-corrected chi connectivity index (χ3v) is 5.47. The number of anilines is 1. The normalized spacial score (nSPS) is 24.2. The topological polar surface area (TPSA) is 82.9 Å². The number of hydrogen-bond acceptors (Lipinski definition) is 5. The maximum atomic E-state index is 13.6. The van der Waals surface area contributed by atoms with Gasteiger partial charge in [-0.1, -0.05) is 43.3 Å². The summed E-state index contributed by atoms with van der Waals surface area (Å²) < 4.78 is 13.6. The summed E-state index contributed by atoms with van der Waals surface area (Å²) in [7, 11) is 0. The van der Waals surface area contributed by atoms with Crippen molar-refractivity contribution in [3.63, 3.8) is 0 Å². The van der Waals surface area contributed by atoms with Gasteiger partial charge in [-0.15, -0.1) is 5.10 Å². The number of nitrogens with one attached hydrogen (secondary N) is 2. The molecule has 1 aromatic rings. The summed E-state index contributed by atoms with van der Waals surface area (Å²) in [5.74, 6) is -1.25. The molecule has 0 spiro atoms. The molecule has 1 aliphatic heterocycles. The molecule has 1 fully saturated rings. The Hall–Kier alpha value is -2.48. The number of benzene rings is 1. The number of amidine groups is 1. The Morgan fingerprint density at radius 3 is 2.79 bits per heavy atom. The lowest BCUT2D eigenvalue weighted by atomic mass is 9.77. The lowest BCUT2D eigenvalue weighted by molar-refractivity contribution is -0.122. The molecule has 8 heteroatoms. The van der Waals surface area contributed by atoms with Crippen molar-refractivity contribution in [3.05, 3.63) is 41.7 Å². The Morgan fingerprint density at radius 1 is 1.32 bits per heavy atom. The van der Waals surface area contributed by atoms with Crippen molar-refractivity contribution in [2.45, 2.75) is 45.3 Å². The van der Waals surface area contributed by atoms with Crippen molar-refractivity contribution in [3.8, 4) is 0 Å². The van der Waals surface area contributed by atoms with Gasteiger partial charge < -0.3 is 10.6 Å². The number of carbonyl (C=O) groups excluding carboxylic acids is 2. The summed E-state index contributed by atoms with van der Waals surface area (Å²) in [5.41, 5.74) is 2.35. The molecule has 2 amide bonds. The standard InChI is InChI=1S/C20H23FN4O2S/c1-12-8-13(11-20(2,3)10-12)24-25-19-23-18(27)16(28-19)9-17(26)22-15-7-5-4-6-14(15)21/h4-8,16H,9-11H2,1-3H3,(H,22,26)(H,23,25,27)/b24-13-. The quantitative estimate of drug-likeness (QED) is 0.750. The second-order valence-corrected chi connectivity index (χ2v) is 9.02. The van der Waals surface area contributed by atoms with Gasteiger partial charge in [0.05, 0.1) is 11.4 Å². The maximum absolute atomic E-state index is 13.6. The van der Waals surface area contributed by atoms with Crippen molar-refractivity contribution in [1.82, 2.24) is 5.32 Å². The number of para-hydroxylation sites is 1. The fraction of sp³-hybridized carbons (Fsp3) is 0.400. The maximum Gasteiger partial charge on any atom is 0.240 e.